The molecule has 1 aromatic heterocycles. The molecule has 6 rings (SSSR count). The van der Waals surface area contributed by atoms with Crippen LogP contribution in [0.1, 0.15) is 45.7 Å². The number of carbonyl (C=O) groups excluding carboxylic acids is 5. The van der Waals surface area contributed by atoms with Crippen molar-refractivity contribution in [2.24, 2.45) is 34.8 Å². The van der Waals surface area contributed by atoms with Crippen molar-refractivity contribution < 1.29 is 51.0 Å². The summed E-state index contributed by atoms with van der Waals surface area (Å²) in [5, 5.41) is 4.86. The number of nitrogens with two attached hydrogens (primary N) is 1. The SMILES string of the molecule is COC(=O)N[C@H](C(=O)N1C[C@@H]2[C@H]3C[C@@H]([C@@H]2[C@H]1C(=O)N1C[C@@]2(C[C@H]1C(N)=O)Oc1ccc(C(F)(F)F)nc1NC2=O)[C@H](F)C3)C(C)(C)C. The minimum atomic E-state index is -4.79. The predicted molar refractivity (Wildman–Crippen MR) is 153 cm³/mol. The number of primary amides is 1. The molecule has 4 N–H and O–H groups in total. The molecule has 0 radical (unpaired) electrons. The van der Waals surface area contributed by atoms with Crippen LogP contribution in [-0.4, -0.2) is 94.6 Å². The molecule has 9 atom stereocenters. The second-order valence-electron chi connectivity index (χ2n) is 14.2. The van der Waals surface area contributed by atoms with Crippen LogP contribution in [0.3, 0.4) is 0 Å². The van der Waals surface area contributed by atoms with Gasteiger partial charge in [0.2, 0.25) is 23.3 Å². The fraction of sp³-hybridized carbons (Fsp3) is 0.667. The fourth-order valence-corrected chi connectivity index (χ4v) is 8.26. The van der Waals surface area contributed by atoms with Crippen molar-refractivity contribution in [3.63, 3.8) is 0 Å². The number of carbonyl (C=O) groups is 5. The number of alkyl carbamates (subject to hydrolysis) is 1. The standard InChI is InChI=1S/C30H36F4N6O7/c1-28(2,3)21(37-27(45)46-4)25(43)39-10-14-12-7-13(15(31)8-12)19(14)20(39)24(42)40-11-29(9-16(40)22(35)41)26(44)38-23-17(47-29)5-6-18(36-23)30(32,33)34/h5-6,12-16,19-21H,7-11H2,1-4H3,(H2,35,41)(H,37,45)(H,36,38,44)/t12-,13+,14+,15+,16-,19-,20-,21+,29+/m0/s1. The largest absolute Gasteiger partial charge is 0.472 e. The summed E-state index contributed by atoms with van der Waals surface area (Å²) in [6.07, 6.45) is -6.45. The normalized spacial score (nSPS) is 33.2. The maximum atomic E-state index is 15.2. The Balaban J connectivity index is 1.35. The molecule has 1 aromatic rings. The van der Waals surface area contributed by atoms with Gasteiger partial charge in [-0.1, -0.05) is 20.8 Å². The number of methoxy groups -OCH3 is 1. The lowest BCUT2D eigenvalue weighted by atomic mass is 9.77. The fourth-order valence-electron chi connectivity index (χ4n) is 8.26. The van der Waals surface area contributed by atoms with Gasteiger partial charge < -0.3 is 35.6 Å². The second-order valence-corrected chi connectivity index (χ2v) is 14.2. The number of nitrogens with zero attached hydrogens (tertiary/aromatic N) is 3. The Morgan fingerprint density at radius 1 is 1.15 bits per heavy atom. The molecule has 4 fully saturated rings. The molecule has 47 heavy (non-hydrogen) atoms. The summed E-state index contributed by atoms with van der Waals surface area (Å²) >= 11 is 0. The average molecular weight is 669 g/mol. The van der Waals surface area contributed by atoms with Gasteiger partial charge in [0.05, 0.1) is 13.7 Å². The molecule has 3 aliphatic heterocycles. The molecule has 13 nitrogen and oxygen atoms in total. The Kier molecular flexibility index (Phi) is 7.62. The molecular weight excluding hydrogens is 632 g/mol. The number of aromatic nitrogens is 1. The molecular formula is C30H36F4N6O7. The molecule has 0 aromatic carbocycles. The molecule has 2 saturated carbocycles. The molecule has 5 amide bonds. The van der Waals surface area contributed by atoms with Crippen LogP contribution in [0, 0.1) is 29.1 Å². The molecule has 256 valence electrons. The van der Waals surface area contributed by atoms with Gasteiger partial charge in [0.15, 0.2) is 11.6 Å². The highest BCUT2D eigenvalue weighted by Crippen LogP contribution is 2.59. The van der Waals surface area contributed by atoms with Gasteiger partial charge in [-0.15, -0.1) is 0 Å². The van der Waals surface area contributed by atoms with Crippen molar-refractivity contribution in [1.82, 2.24) is 20.1 Å². The number of fused-ring (bicyclic) bond motifs is 6. The summed E-state index contributed by atoms with van der Waals surface area (Å²) < 4.78 is 65.6. The Morgan fingerprint density at radius 3 is 2.47 bits per heavy atom. The zero-order valence-electron chi connectivity index (χ0n) is 26.1. The summed E-state index contributed by atoms with van der Waals surface area (Å²) in [4.78, 5) is 73.2. The van der Waals surface area contributed by atoms with Gasteiger partial charge in [-0.3, -0.25) is 19.2 Å². The zero-order chi connectivity index (χ0) is 34.4. The minimum absolute atomic E-state index is 0.0790. The van der Waals surface area contributed by atoms with E-state index < -0.39 is 108 Å². The predicted octanol–water partition coefficient (Wildman–Crippen LogP) is 1.85. The number of pyridine rings is 1. The summed E-state index contributed by atoms with van der Waals surface area (Å²) in [6, 6.07) is -2.14. The van der Waals surface area contributed by atoms with E-state index in [0.717, 1.165) is 18.1 Å². The lowest BCUT2D eigenvalue weighted by Crippen LogP contribution is -2.60. The van der Waals surface area contributed by atoms with Crippen LogP contribution in [0.2, 0.25) is 0 Å². The van der Waals surface area contributed by atoms with Gasteiger partial charge >= 0.3 is 12.3 Å². The first-order chi connectivity index (χ1) is 21.9. The van der Waals surface area contributed by atoms with Gasteiger partial charge in [0, 0.05) is 13.0 Å². The summed E-state index contributed by atoms with van der Waals surface area (Å²) in [7, 11) is 1.14. The molecule has 0 unspecified atom stereocenters. The third-order valence-electron chi connectivity index (χ3n) is 10.4. The highest BCUT2D eigenvalue weighted by Gasteiger charge is 2.66. The number of nitrogens with one attached hydrogen (secondary N) is 2. The number of halogens is 4. The Morgan fingerprint density at radius 2 is 1.85 bits per heavy atom. The Bertz CT molecular complexity index is 1530. The lowest BCUT2D eigenvalue weighted by Gasteiger charge is -2.39. The molecule has 17 heteroatoms. The topological polar surface area (TPSA) is 173 Å². The highest BCUT2D eigenvalue weighted by molar-refractivity contribution is 6.03. The van der Waals surface area contributed by atoms with Crippen LogP contribution >= 0.6 is 0 Å². The number of rotatable bonds is 4. The van der Waals surface area contributed by atoms with E-state index in [-0.39, 0.29) is 24.1 Å². The molecule has 2 aliphatic carbocycles. The first-order valence-corrected chi connectivity index (χ1v) is 15.3. The van der Waals surface area contributed by atoms with Crippen molar-refractivity contribution in [3.8, 4) is 5.75 Å². The van der Waals surface area contributed by atoms with Crippen molar-refractivity contribution in [1.29, 1.82) is 0 Å². The minimum Gasteiger partial charge on any atom is -0.472 e. The summed E-state index contributed by atoms with van der Waals surface area (Å²) in [5.74, 6) is -5.37. The van der Waals surface area contributed by atoms with E-state index in [1.807, 2.05) is 0 Å². The molecule has 2 saturated heterocycles. The van der Waals surface area contributed by atoms with Gasteiger partial charge in [0.1, 0.15) is 30.0 Å². The van der Waals surface area contributed by atoms with Crippen LogP contribution < -0.4 is 21.1 Å². The van der Waals surface area contributed by atoms with Gasteiger partial charge in [-0.05, 0) is 54.1 Å². The highest BCUT2D eigenvalue weighted by atomic mass is 19.4. The summed E-state index contributed by atoms with van der Waals surface area (Å²) in [6.45, 7) is 4.74. The van der Waals surface area contributed by atoms with E-state index in [9.17, 15) is 37.1 Å². The van der Waals surface area contributed by atoms with E-state index in [0.29, 0.717) is 18.9 Å². The van der Waals surface area contributed by atoms with Crippen LogP contribution in [-0.2, 0) is 30.1 Å². The Labute approximate surface area is 266 Å². The van der Waals surface area contributed by atoms with Crippen molar-refractivity contribution in [2.75, 3.05) is 25.5 Å². The third-order valence-corrected chi connectivity index (χ3v) is 10.4. The number of likely N-dealkylation sites (tertiary alicyclic amines) is 2. The summed E-state index contributed by atoms with van der Waals surface area (Å²) in [5.41, 5.74) is 1.70. The zero-order valence-corrected chi connectivity index (χ0v) is 26.1. The second kappa shape index (κ2) is 10.9. The van der Waals surface area contributed by atoms with Gasteiger partial charge in [0.25, 0.3) is 5.91 Å². The first-order valence-electron chi connectivity index (χ1n) is 15.3. The number of amides is 5. The van der Waals surface area contributed by atoms with E-state index >= 15 is 4.39 Å². The van der Waals surface area contributed by atoms with Gasteiger partial charge in [-0.2, -0.15) is 13.2 Å². The van der Waals surface area contributed by atoms with Crippen molar-refractivity contribution in [3.05, 3.63) is 17.8 Å². The first kappa shape index (κ1) is 32.7. The van der Waals surface area contributed by atoms with Crippen LogP contribution in [0.5, 0.6) is 5.75 Å². The lowest BCUT2D eigenvalue weighted by molar-refractivity contribution is -0.150. The number of hydrogen-bond acceptors (Lipinski definition) is 8. The monoisotopic (exact) mass is 668 g/mol. The number of anilines is 1. The van der Waals surface area contributed by atoms with Crippen LogP contribution in [0.4, 0.5) is 28.2 Å². The molecule has 4 heterocycles. The Hall–Kier alpha value is -4.18. The number of alkyl halides is 4. The van der Waals surface area contributed by atoms with E-state index in [2.05, 4.69) is 15.6 Å². The molecule has 2 bridgehead atoms. The third kappa shape index (κ3) is 5.30. The maximum Gasteiger partial charge on any atom is 0.433 e. The van der Waals surface area contributed by atoms with Crippen LogP contribution in [0.15, 0.2) is 12.1 Å². The van der Waals surface area contributed by atoms with Crippen LogP contribution in [0.25, 0.3) is 0 Å². The molecule has 5 aliphatic rings. The van der Waals surface area contributed by atoms with Crippen molar-refractivity contribution >= 4 is 35.5 Å². The number of hydrogen-bond donors (Lipinski definition) is 3. The average Bonchev–Trinajstić information content (AvgIpc) is 3.74. The molecule has 1 spiro atoms. The van der Waals surface area contributed by atoms with Gasteiger partial charge in [-0.25, -0.2) is 14.2 Å². The van der Waals surface area contributed by atoms with Crippen molar-refractivity contribution in [2.45, 2.75) is 76.1 Å². The van der Waals surface area contributed by atoms with E-state index in [1.165, 1.54) is 4.90 Å². The number of ether oxygens (including phenoxy) is 2. The maximum absolute atomic E-state index is 15.2. The van der Waals surface area contributed by atoms with E-state index in [4.69, 9.17) is 15.2 Å². The smallest absolute Gasteiger partial charge is 0.433 e. The quantitative estimate of drug-likeness (QED) is 0.408. The van der Waals surface area contributed by atoms with E-state index in [1.54, 1.807) is 20.8 Å².